The van der Waals surface area contributed by atoms with E-state index in [1.54, 1.807) is 12.1 Å². The summed E-state index contributed by atoms with van der Waals surface area (Å²) in [5, 5.41) is 9.80. The van der Waals surface area contributed by atoms with E-state index in [4.69, 9.17) is 5.73 Å². The molecule has 0 spiro atoms. The van der Waals surface area contributed by atoms with E-state index in [1.807, 2.05) is 0 Å². The van der Waals surface area contributed by atoms with Crippen LogP contribution in [0.15, 0.2) is 46.9 Å². The average Bonchev–Trinajstić information content (AvgIpc) is 2.40. The molecule has 0 aliphatic rings. The number of halogens is 4. The number of nitrogens with two attached hydrogens (primary N) is 1. The van der Waals surface area contributed by atoms with Gasteiger partial charge in [-0.1, -0.05) is 28.1 Å². The third-order valence-corrected chi connectivity index (χ3v) is 3.29. The van der Waals surface area contributed by atoms with Gasteiger partial charge in [-0.25, -0.2) is 0 Å². The SMILES string of the molecule is N[C@@H](c1ccc(OC(F)(F)F)cc1)c1cc(Br)ccc1O. The number of phenols is 1. The van der Waals surface area contributed by atoms with Gasteiger partial charge >= 0.3 is 6.36 Å². The molecule has 3 nitrogen and oxygen atoms in total. The molecule has 0 aliphatic heterocycles. The molecule has 2 aromatic rings. The molecule has 21 heavy (non-hydrogen) atoms. The first kappa shape index (κ1) is 15.7. The van der Waals surface area contributed by atoms with Gasteiger partial charge in [-0.05, 0) is 35.9 Å². The Morgan fingerprint density at radius 2 is 1.71 bits per heavy atom. The summed E-state index contributed by atoms with van der Waals surface area (Å²) < 4.78 is 40.8. The van der Waals surface area contributed by atoms with Crippen LogP contribution < -0.4 is 10.5 Å². The van der Waals surface area contributed by atoms with E-state index in [-0.39, 0.29) is 11.5 Å². The summed E-state index contributed by atoms with van der Waals surface area (Å²) in [7, 11) is 0. The van der Waals surface area contributed by atoms with E-state index in [9.17, 15) is 18.3 Å². The lowest BCUT2D eigenvalue weighted by Gasteiger charge is -2.15. The Morgan fingerprint density at radius 3 is 2.29 bits per heavy atom. The van der Waals surface area contributed by atoms with Crippen molar-refractivity contribution in [1.82, 2.24) is 0 Å². The molecule has 0 amide bonds. The first-order valence-corrected chi connectivity index (χ1v) is 6.65. The minimum atomic E-state index is -4.73. The Labute approximate surface area is 127 Å². The van der Waals surface area contributed by atoms with Gasteiger partial charge in [-0.15, -0.1) is 13.2 Å². The Bertz CT molecular complexity index is 629. The standard InChI is InChI=1S/C14H11BrF3NO2/c15-9-3-6-12(20)11(7-9)13(19)8-1-4-10(5-2-8)21-14(16,17)18/h1-7,13,20H,19H2/t13-/m0/s1. The average molecular weight is 362 g/mol. The minimum Gasteiger partial charge on any atom is -0.508 e. The highest BCUT2D eigenvalue weighted by Gasteiger charge is 2.31. The predicted octanol–water partition coefficient (Wildman–Crippen LogP) is 4.10. The molecule has 7 heteroatoms. The molecule has 0 heterocycles. The molecule has 112 valence electrons. The number of phenolic OH excluding ortho intramolecular Hbond substituents is 1. The molecule has 0 bridgehead atoms. The number of ether oxygens (including phenoxy) is 1. The summed E-state index contributed by atoms with van der Waals surface area (Å²) in [5.74, 6) is -0.307. The lowest BCUT2D eigenvalue weighted by molar-refractivity contribution is -0.274. The minimum absolute atomic E-state index is 0.0151. The molecule has 0 radical (unpaired) electrons. The Balaban J connectivity index is 2.24. The van der Waals surface area contributed by atoms with Crippen LogP contribution in [0.5, 0.6) is 11.5 Å². The second kappa shape index (κ2) is 5.95. The normalized spacial score (nSPS) is 13.0. The number of aromatic hydroxyl groups is 1. The quantitative estimate of drug-likeness (QED) is 0.865. The Hall–Kier alpha value is -1.73. The second-order valence-electron chi connectivity index (χ2n) is 4.30. The van der Waals surface area contributed by atoms with Crippen LogP contribution in [0.25, 0.3) is 0 Å². The first-order chi connectivity index (χ1) is 9.76. The van der Waals surface area contributed by atoms with Crippen LogP contribution >= 0.6 is 15.9 Å². The molecule has 0 fully saturated rings. The number of benzene rings is 2. The molecule has 3 N–H and O–H groups in total. The zero-order valence-electron chi connectivity index (χ0n) is 10.6. The van der Waals surface area contributed by atoms with Crippen molar-refractivity contribution in [2.45, 2.75) is 12.4 Å². The summed E-state index contributed by atoms with van der Waals surface area (Å²) in [6.07, 6.45) is -4.73. The third-order valence-electron chi connectivity index (χ3n) is 2.80. The van der Waals surface area contributed by atoms with Gasteiger partial charge in [0.2, 0.25) is 0 Å². The monoisotopic (exact) mass is 361 g/mol. The number of hydrogen-bond donors (Lipinski definition) is 2. The van der Waals surface area contributed by atoms with Crippen molar-refractivity contribution >= 4 is 15.9 Å². The maximum atomic E-state index is 12.1. The van der Waals surface area contributed by atoms with E-state index >= 15 is 0 Å². The smallest absolute Gasteiger partial charge is 0.508 e. The highest BCUT2D eigenvalue weighted by Crippen LogP contribution is 2.31. The van der Waals surface area contributed by atoms with Gasteiger partial charge in [0, 0.05) is 10.0 Å². The highest BCUT2D eigenvalue weighted by molar-refractivity contribution is 9.10. The Morgan fingerprint density at radius 1 is 1.10 bits per heavy atom. The van der Waals surface area contributed by atoms with Crippen molar-refractivity contribution < 1.29 is 23.0 Å². The summed E-state index contributed by atoms with van der Waals surface area (Å²) >= 11 is 3.27. The lowest BCUT2D eigenvalue weighted by Crippen LogP contribution is -2.17. The van der Waals surface area contributed by atoms with Crippen LogP contribution in [0.1, 0.15) is 17.2 Å². The fourth-order valence-corrected chi connectivity index (χ4v) is 2.21. The summed E-state index contributed by atoms with van der Waals surface area (Å²) in [5.41, 5.74) is 7.04. The maximum absolute atomic E-state index is 12.1. The topological polar surface area (TPSA) is 55.5 Å². The molecule has 0 aliphatic carbocycles. The summed E-state index contributed by atoms with van der Waals surface area (Å²) in [6.45, 7) is 0. The van der Waals surface area contributed by atoms with E-state index in [1.165, 1.54) is 30.3 Å². The van der Waals surface area contributed by atoms with Crippen LogP contribution in [-0.2, 0) is 0 Å². The third kappa shape index (κ3) is 4.12. The van der Waals surface area contributed by atoms with Crippen molar-refractivity contribution in [1.29, 1.82) is 0 Å². The fourth-order valence-electron chi connectivity index (χ4n) is 1.83. The van der Waals surface area contributed by atoms with E-state index in [0.29, 0.717) is 11.1 Å². The number of rotatable bonds is 3. The first-order valence-electron chi connectivity index (χ1n) is 5.86. The van der Waals surface area contributed by atoms with Gasteiger partial charge in [0.25, 0.3) is 0 Å². The van der Waals surface area contributed by atoms with Gasteiger partial charge in [0.1, 0.15) is 11.5 Å². The molecule has 2 aromatic carbocycles. The molecule has 0 saturated heterocycles. The zero-order valence-corrected chi connectivity index (χ0v) is 12.1. The maximum Gasteiger partial charge on any atom is 0.573 e. The van der Waals surface area contributed by atoms with E-state index in [0.717, 1.165) is 4.47 Å². The van der Waals surface area contributed by atoms with Crippen LogP contribution in [-0.4, -0.2) is 11.5 Å². The molecule has 2 rings (SSSR count). The van der Waals surface area contributed by atoms with Crippen molar-refractivity contribution in [3.63, 3.8) is 0 Å². The summed E-state index contributed by atoms with van der Waals surface area (Å²) in [6, 6.07) is 9.34. The van der Waals surface area contributed by atoms with Gasteiger partial charge in [0.05, 0.1) is 6.04 Å². The van der Waals surface area contributed by atoms with Gasteiger partial charge in [-0.2, -0.15) is 0 Å². The molecule has 1 atom stereocenters. The van der Waals surface area contributed by atoms with Gasteiger partial charge in [0.15, 0.2) is 0 Å². The van der Waals surface area contributed by atoms with Crippen molar-refractivity contribution in [2.75, 3.05) is 0 Å². The summed E-state index contributed by atoms with van der Waals surface area (Å²) in [4.78, 5) is 0. The zero-order chi connectivity index (χ0) is 15.6. The van der Waals surface area contributed by atoms with Gasteiger partial charge < -0.3 is 15.6 Å². The van der Waals surface area contributed by atoms with Crippen molar-refractivity contribution in [3.05, 3.63) is 58.1 Å². The predicted molar refractivity (Wildman–Crippen MR) is 75.0 cm³/mol. The number of alkyl halides is 3. The largest absolute Gasteiger partial charge is 0.573 e. The van der Waals surface area contributed by atoms with E-state index < -0.39 is 12.4 Å². The second-order valence-corrected chi connectivity index (χ2v) is 5.21. The van der Waals surface area contributed by atoms with E-state index in [2.05, 4.69) is 20.7 Å². The van der Waals surface area contributed by atoms with Crippen molar-refractivity contribution in [3.8, 4) is 11.5 Å². The molecular weight excluding hydrogens is 351 g/mol. The molecule has 0 saturated carbocycles. The molecule has 0 aromatic heterocycles. The van der Waals surface area contributed by atoms with Gasteiger partial charge in [-0.3, -0.25) is 0 Å². The molecule has 0 unspecified atom stereocenters. The molecular formula is C14H11BrF3NO2. The van der Waals surface area contributed by atoms with Crippen LogP contribution in [0.3, 0.4) is 0 Å². The Kier molecular flexibility index (Phi) is 4.43. The fraction of sp³-hybridized carbons (Fsp3) is 0.143. The van der Waals surface area contributed by atoms with Crippen LogP contribution in [0.4, 0.5) is 13.2 Å². The lowest BCUT2D eigenvalue weighted by atomic mass is 9.99. The van der Waals surface area contributed by atoms with Crippen molar-refractivity contribution in [2.24, 2.45) is 5.73 Å². The van der Waals surface area contributed by atoms with Crippen LogP contribution in [0, 0.1) is 0 Å². The van der Waals surface area contributed by atoms with Crippen LogP contribution in [0.2, 0.25) is 0 Å². The number of hydrogen-bond acceptors (Lipinski definition) is 3. The highest BCUT2D eigenvalue weighted by atomic mass is 79.9.